The van der Waals surface area contributed by atoms with E-state index in [2.05, 4.69) is 57.2 Å². The quantitative estimate of drug-likeness (QED) is 0.605. The SMILES string of the molecule is CC(C)(C)C(CN)C(C)(C)I. The van der Waals surface area contributed by atoms with Gasteiger partial charge in [-0.2, -0.15) is 0 Å². The van der Waals surface area contributed by atoms with Crippen LogP contribution >= 0.6 is 22.6 Å². The molecule has 0 fully saturated rings. The lowest BCUT2D eigenvalue weighted by molar-refractivity contribution is 0.214. The van der Waals surface area contributed by atoms with Crippen LogP contribution in [0, 0.1) is 11.3 Å². The van der Waals surface area contributed by atoms with Crippen LogP contribution in [0.5, 0.6) is 0 Å². The molecule has 0 saturated heterocycles. The molecule has 2 N–H and O–H groups in total. The number of nitrogens with two attached hydrogens (primary N) is 1. The normalized spacial score (nSPS) is 16.6. The number of rotatable bonds is 2. The Balaban J connectivity index is 4.43. The molecule has 0 aromatic rings. The number of hydrogen-bond donors (Lipinski definition) is 1. The van der Waals surface area contributed by atoms with Crippen LogP contribution in [0.15, 0.2) is 0 Å². The van der Waals surface area contributed by atoms with Crippen molar-refractivity contribution in [3.63, 3.8) is 0 Å². The van der Waals surface area contributed by atoms with Gasteiger partial charge in [-0.1, -0.05) is 57.2 Å². The lowest BCUT2D eigenvalue weighted by Crippen LogP contribution is -2.40. The van der Waals surface area contributed by atoms with Crippen LogP contribution in [0.25, 0.3) is 0 Å². The summed E-state index contributed by atoms with van der Waals surface area (Å²) in [5, 5.41) is 0. The van der Waals surface area contributed by atoms with E-state index < -0.39 is 0 Å². The third kappa shape index (κ3) is 3.74. The molecule has 1 nitrogen and oxygen atoms in total. The minimum atomic E-state index is 0.296. The molecule has 11 heavy (non-hydrogen) atoms. The van der Waals surface area contributed by atoms with Gasteiger partial charge in [0, 0.05) is 3.42 Å². The van der Waals surface area contributed by atoms with Gasteiger partial charge in [0.25, 0.3) is 0 Å². The van der Waals surface area contributed by atoms with Gasteiger partial charge < -0.3 is 5.73 Å². The summed E-state index contributed by atoms with van der Waals surface area (Å²) in [6, 6.07) is 0. The van der Waals surface area contributed by atoms with Crippen molar-refractivity contribution >= 4 is 22.6 Å². The molecule has 0 radical (unpaired) electrons. The van der Waals surface area contributed by atoms with E-state index in [1.165, 1.54) is 0 Å². The van der Waals surface area contributed by atoms with Crippen molar-refractivity contribution in [1.82, 2.24) is 0 Å². The van der Waals surface area contributed by atoms with Gasteiger partial charge in [-0.05, 0) is 17.9 Å². The molecule has 0 amide bonds. The average Bonchev–Trinajstić information content (AvgIpc) is 1.56. The van der Waals surface area contributed by atoms with Gasteiger partial charge >= 0.3 is 0 Å². The predicted molar refractivity (Wildman–Crippen MR) is 60.1 cm³/mol. The standard InChI is InChI=1S/C9H20IN/c1-8(2,3)7(6-11)9(4,5)10/h7H,6,11H2,1-5H3. The monoisotopic (exact) mass is 269 g/mol. The molecule has 2 heteroatoms. The molecule has 0 bridgehead atoms. The Morgan fingerprint density at radius 1 is 1.18 bits per heavy atom. The van der Waals surface area contributed by atoms with E-state index in [1.54, 1.807) is 0 Å². The summed E-state index contributed by atoms with van der Waals surface area (Å²) < 4.78 is 0.296. The Bertz CT molecular complexity index is 105. The van der Waals surface area contributed by atoms with E-state index in [1.807, 2.05) is 0 Å². The molecule has 1 atom stereocenters. The number of hydrogen-bond acceptors (Lipinski definition) is 1. The number of alkyl halides is 1. The molecule has 1 unspecified atom stereocenters. The summed E-state index contributed by atoms with van der Waals surface area (Å²) in [6.07, 6.45) is 0. The third-order valence-electron chi connectivity index (χ3n) is 2.11. The zero-order valence-corrected chi connectivity index (χ0v) is 10.4. The Morgan fingerprint density at radius 3 is 1.55 bits per heavy atom. The van der Waals surface area contributed by atoms with Gasteiger partial charge in [0.2, 0.25) is 0 Å². The highest BCUT2D eigenvalue weighted by Crippen LogP contribution is 2.39. The van der Waals surface area contributed by atoms with Gasteiger partial charge in [-0.25, -0.2) is 0 Å². The van der Waals surface area contributed by atoms with Crippen molar-refractivity contribution in [2.24, 2.45) is 17.1 Å². The first-order chi connectivity index (χ1) is 4.69. The van der Waals surface area contributed by atoms with Crippen LogP contribution in [0.2, 0.25) is 0 Å². The zero-order valence-electron chi connectivity index (χ0n) is 8.24. The second kappa shape index (κ2) is 3.60. The minimum absolute atomic E-state index is 0.296. The van der Waals surface area contributed by atoms with Gasteiger partial charge in [0.05, 0.1) is 0 Å². The molecule has 0 spiro atoms. The van der Waals surface area contributed by atoms with Crippen LogP contribution in [-0.4, -0.2) is 9.97 Å². The molecule has 0 aromatic heterocycles. The average molecular weight is 269 g/mol. The molecular formula is C9H20IN. The third-order valence-corrected chi connectivity index (χ3v) is 2.86. The second-order valence-corrected chi connectivity index (χ2v) is 7.50. The molecule has 0 rings (SSSR count). The fraction of sp³-hybridized carbons (Fsp3) is 1.00. The first-order valence-corrected chi connectivity index (χ1v) is 5.16. The van der Waals surface area contributed by atoms with Crippen molar-refractivity contribution in [2.75, 3.05) is 6.54 Å². The second-order valence-electron chi connectivity index (χ2n) is 4.72. The van der Waals surface area contributed by atoms with E-state index in [-0.39, 0.29) is 0 Å². The number of halogens is 1. The van der Waals surface area contributed by atoms with Crippen molar-refractivity contribution in [1.29, 1.82) is 0 Å². The highest BCUT2D eigenvalue weighted by molar-refractivity contribution is 14.1. The summed E-state index contributed by atoms with van der Waals surface area (Å²) >= 11 is 2.48. The van der Waals surface area contributed by atoms with Gasteiger partial charge in [-0.3, -0.25) is 0 Å². The fourth-order valence-corrected chi connectivity index (χ4v) is 2.85. The first kappa shape index (κ1) is 11.7. The molecule has 0 saturated carbocycles. The maximum atomic E-state index is 5.74. The van der Waals surface area contributed by atoms with Crippen LogP contribution in [0.4, 0.5) is 0 Å². The van der Waals surface area contributed by atoms with E-state index in [0.29, 0.717) is 14.8 Å². The molecule has 0 aliphatic heterocycles. The first-order valence-electron chi connectivity index (χ1n) is 4.08. The summed E-state index contributed by atoms with van der Waals surface area (Å²) in [7, 11) is 0. The predicted octanol–water partition coefficient (Wildman–Crippen LogP) is 2.82. The summed E-state index contributed by atoms with van der Waals surface area (Å²) in [5.41, 5.74) is 6.06. The zero-order chi connectivity index (χ0) is 9.28. The maximum absolute atomic E-state index is 5.74. The molecule has 0 aromatic carbocycles. The van der Waals surface area contributed by atoms with Gasteiger partial charge in [-0.15, -0.1) is 0 Å². The summed E-state index contributed by atoms with van der Waals surface area (Å²) in [4.78, 5) is 0. The van der Waals surface area contributed by atoms with Crippen LogP contribution in [0.3, 0.4) is 0 Å². The van der Waals surface area contributed by atoms with Crippen LogP contribution < -0.4 is 5.73 Å². The lowest BCUT2D eigenvalue weighted by atomic mass is 9.74. The van der Waals surface area contributed by atoms with Crippen LogP contribution in [-0.2, 0) is 0 Å². The summed E-state index contributed by atoms with van der Waals surface area (Å²) in [5.74, 6) is 0.579. The molecule has 0 heterocycles. The fourth-order valence-electron chi connectivity index (χ4n) is 1.66. The molecular weight excluding hydrogens is 249 g/mol. The highest BCUT2D eigenvalue weighted by Gasteiger charge is 2.34. The van der Waals surface area contributed by atoms with E-state index >= 15 is 0 Å². The Kier molecular flexibility index (Phi) is 3.83. The topological polar surface area (TPSA) is 26.0 Å². The van der Waals surface area contributed by atoms with Crippen molar-refractivity contribution in [3.8, 4) is 0 Å². The van der Waals surface area contributed by atoms with Crippen LogP contribution in [0.1, 0.15) is 34.6 Å². The Hall–Kier alpha value is 0.690. The van der Waals surface area contributed by atoms with Gasteiger partial charge in [0.1, 0.15) is 0 Å². The minimum Gasteiger partial charge on any atom is -0.330 e. The van der Waals surface area contributed by atoms with E-state index in [9.17, 15) is 0 Å². The molecule has 0 aliphatic rings. The van der Waals surface area contributed by atoms with Crippen molar-refractivity contribution < 1.29 is 0 Å². The van der Waals surface area contributed by atoms with Crippen molar-refractivity contribution in [2.45, 2.75) is 38.0 Å². The molecule has 0 aliphatic carbocycles. The lowest BCUT2D eigenvalue weighted by Gasteiger charge is -2.38. The molecule has 68 valence electrons. The van der Waals surface area contributed by atoms with E-state index in [4.69, 9.17) is 5.73 Å². The highest BCUT2D eigenvalue weighted by atomic mass is 127. The summed E-state index contributed by atoms with van der Waals surface area (Å²) in [6.45, 7) is 12.0. The maximum Gasteiger partial charge on any atom is 0.0211 e. The Labute approximate surface area is 84.3 Å². The van der Waals surface area contributed by atoms with E-state index in [0.717, 1.165) is 6.54 Å². The van der Waals surface area contributed by atoms with Gasteiger partial charge in [0.15, 0.2) is 0 Å². The largest absolute Gasteiger partial charge is 0.330 e. The smallest absolute Gasteiger partial charge is 0.0211 e. The Morgan fingerprint density at radius 2 is 1.55 bits per heavy atom. The van der Waals surface area contributed by atoms with Crippen molar-refractivity contribution in [3.05, 3.63) is 0 Å².